The lowest BCUT2D eigenvalue weighted by Crippen LogP contribution is -2.41. The summed E-state index contributed by atoms with van der Waals surface area (Å²) in [5, 5.41) is -0.367. The van der Waals surface area contributed by atoms with Crippen LogP contribution in [0.1, 0.15) is 29.3 Å². The first-order chi connectivity index (χ1) is 15.2. The summed E-state index contributed by atoms with van der Waals surface area (Å²) in [6, 6.07) is 29.5. The molecule has 0 bridgehead atoms. The molecule has 0 aliphatic carbocycles. The molecule has 0 saturated heterocycles. The van der Waals surface area contributed by atoms with Crippen molar-refractivity contribution in [2.24, 2.45) is 0 Å². The van der Waals surface area contributed by atoms with Crippen LogP contribution in [0.15, 0.2) is 109 Å². The van der Waals surface area contributed by atoms with Crippen molar-refractivity contribution >= 4 is 23.3 Å². The number of alkyl halides is 1. The number of hydrogen-bond donors (Lipinski definition) is 0. The Morgan fingerprint density at radius 2 is 1.52 bits per heavy atom. The minimum absolute atomic E-state index is 0.0738. The van der Waals surface area contributed by atoms with Crippen LogP contribution in [-0.4, -0.2) is 16.2 Å². The Balaban J connectivity index is 1.82. The minimum Gasteiger partial charge on any atom is -0.465 e. The van der Waals surface area contributed by atoms with Crippen molar-refractivity contribution in [3.63, 3.8) is 0 Å². The van der Waals surface area contributed by atoms with Crippen molar-refractivity contribution < 1.29 is 9.53 Å². The van der Waals surface area contributed by atoms with Gasteiger partial charge in [0.15, 0.2) is 0 Å². The maximum absolute atomic E-state index is 13.8. The summed E-state index contributed by atoms with van der Waals surface area (Å²) >= 11 is 6.40. The van der Waals surface area contributed by atoms with Crippen molar-refractivity contribution in [1.29, 1.82) is 0 Å². The Hall–Kier alpha value is -3.30. The number of allylic oxidation sites excluding steroid dienone is 1. The molecule has 3 nitrogen and oxygen atoms in total. The molecule has 1 aliphatic heterocycles. The van der Waals surface area contributed by atoms with Crippen LogP contribution in [0, 0.1) is 0 Å². The molecule has 0 N–H and O–H groups in total. The first-order valence-electron chi connectivity index (χ1n) is 10.3. The zero-order valence-corrected chi connectivity index (χ0v) is 17.9. The highest BCUT2D eigenvalue weighted by Gasteiger charge is 2.37. The van der Waals surface area contributed by atoms with E-state index in [1.807, 2.05) is 91.0 Å². The molecule has 3 aromatic carbocycles. The van der Waals surface area contributed by atoms with E-state index in [2.05, 4.69) is 6.58 Å². The average Bonchev–Trinajstić information content (AvgIpc) is 2.83. The van der Waals surface area contributed by atoms with Gasteiger partial charge in [-0.05, 0) is 5.56 Å². The molecule has 1 amide bonds. The van der Waals surface area contributed by atoms with Crippen LogP contribution >= 0.6 is 11.6 Å². The van der Waals surface area contributed by atoms with E-state index in [9.17, 15) is 4.79 Å². The Morgan fingerprint density at radius 3 is 2.13 bits per heavy atom. The van der Waals surface area contributed by atoms with Gasteiger partial charge in [0.1, 0.15) is 5.76 Å². The summed E-state index contributed by atoms with van der Waals surface area (Å²) in [5.41, 5.74) is 3.38. The van der Waals surface area contributed by atoms with Crippen molar-refractivity contribution in [1.82, 2.24) is 4.90 Å². The molecule has 0 aromatic heterocycles. The fourth-order valence-electron chi connectivity index (χ4n) is 3.71. The van der Waals surface area contributed by atoms with Gasteiger partial charge in [0.2, 0.25) is 6.23 Å². The first-order valence-corrected chi connectivity index (χ1v) is 10.7. The molecule has 0 saturated carbocycles. The second kappa shape index (κ2) is 9.67. The van der Waals surface area contributed by atoms with Crippen LogP contribution in [0.2, 0.25) is 0 Å². The van der Waals surface area contributed by atoms with E-state index in [4.69, 9.17) is 16.3 Å². The normalized spacial score (nSPS) is 17.3. The third-order valence-electron chi connectivity index (χ3n) is 5.28. The molecular weight excluding hydrogens is 406 g/mol. The second-order valence-electron chi connectivity index (χ2n) is 7.43. The summed E-state index contributed by atoms with van der Waals surface area (Å²) in [7, 11) is 0. The number of ether oxygens (including phenoxy) is 1. The van der Waals surface area contributed by atoms with Crippen LogP contribution in [-0.2, 0) is 16.1 Å². The Bertz CT molecular complexity index is 1060. The molecule has 3 aromatic rings. The Kier molecular flexibility index (Phi) is 6.54. The Morgan fingerprint density at radius 1 is 0.935 bits per heavy atom. The number of nitrogens with zero attached hydrogens (tertiary/aromatic N) is 1. The SMILES string of the molecule is C=CC(Cl)CC1=C(c2ccccc2)OC(c2ccccc2)N(Cc2ccccc2)C1=O. The van der Waals surface area contributed by atoms with E-state index < -0.39 is 6.23 Å². The maximum atomic E-state index is 13.8. The van der Waals surface area contributed by atoms with Gasteiger partial charge in [-0.1, -0.05) is 97.1 Å². The summed E-state index contributed by atoms with van der Waals surface area (Å²) in [4.78, 5) is 15.6. The second-order valence-corrected chi connectivity index (χ2v) is 7.99. The maximum Gasteiger partial charge on any atom is 0.257 e. The molecule has 0 fully saturated rings. The van der Waals surface area contributed by atoms with Crippen LogP contribution in [0.3, 0.4) is 0 Å². The lowest BCUT2D eigenvalue weighted by Gasteiger charge is -2.39. The van der Waals surface area contributed by atoms with E-state index >= 15 is 0 Å². The van der Waals surface area contributed by atoms with Gasteiger partial charge in [-0.15, -0.1) is 18.2 Å². The molecule has 1 heterocycles. The third kappa shape index (κ3) is 4.73. The number of hydrogen-bond acceptors (Lipinski definition) is 2. The van der Waals surface area contributed by atoms with Crippen LogP contribution in [0.4, 0.5) is 0 Å². The quantitative estimate of drug-likeness (QED) is 0.324. The van der Waals surface area contributed by atoms with Gasteiger partial charge >= 0.3 is 0 Å². The number of halogens is 1. The number of carbonyl (C=O) groups excluding carboxylic acids is 1. The highest BCUT2D eigenvalue weighted by atomic mass is 35.5. The van der Waals surface area contributed by atoms with Gasteiger partial charge < -0.3 is 4.74 Å². The predicted molar refractivity (Wildman–Crippen MR) is 125 cm³/mol. The summed E-state index contributed by atoms with van der Waals surface area (Å²) in [5.74, 6) is 0.506. The van der Waals surface area contributed by atoms with E-state index in [1.165, 1.54) is 0 Å². The zero-order valence-electron chi connectivity index (χ0n) is 17.2. The van der Waals surface area contributed by atoms with Gasteiger partial charge in [-0.2, -0.15) is 0 Å². The molecule has 1 aliphatic rings. The number of carbonyl (C=O) groups is 1. The van der Waals surface area contributed by atoms with Crippen molar-refractivity contribution in [2.75, 3.05) is 0 Å². The van der Waals surface area contributed by atoms with Gasteiger partial charge in [0.25, 0.3) is 5.91 Å². The summed E-state index contributed by atoms with van der Waals surface area (Å²) < 4.78 is 6.56. The summed E-state index contributed by atoms with van der Waals surface area (Å²) in [6.07, 6.45) is 1.46. The largest absolute Gasteiger partial charge is 0.465 e. The number of amides is 1. The van der Waals surface area contributed by atoms with Crippen molar-refractivity contribution in [3.05, 3.63) is 126 Å². The fraction of sp³-hybridized carbons (Fsp3) is 0.148. The molecule has 4 rings (SSSR count). The van der Waals surface area contributed by atoms with Crippen molar-refractivity contribution in [3.8, 4) is 0 Å². The monoisotopic (exact) mass is 429 g/mol. The van der Waals surface area contributed by atoms with Crippen LogP contribution < -0.4 is 0 Å². The van der Waals surface area contributed by atoms with Gasteiger partial charge in [-0.25, -0.2) is 0 Å². The standard InChI is InChI=1S/C27H24ClNO2/c1-2-23(28)18-24-25(21-14-8-4-9-15-21)31-27(22-16-10-5-11-17-22)29(26(24)30)19-20-12-6-3-7-13-20/h2-17,23,27H,1,18-19H2. The molecule has 156 valence electrons. The highest BCUT2D eigenvalue weighted by Crippen LogP contribution is 2.39. The van der Waals surface area contributed by atoms with E-state index in [0.29, 0.717) is 24.3 Å². The molecule has 2 atom stereocenters. The van der Waals surface area contributed by atoms with Crippen molar-refractivity contribution in [2.45, 2.75) is 24.6 Å². The predicted octanol–water partition coefficient (Wildman–Crippen LogP) is 6.34. The summed E-state index contributed by atoms with van der Waals surface area (Å²) in [6.45, 7) is 4.21. The molecular formula is C27H24ClNO2. The number of benzene rings is 3. The highest BCUT2D eigenvalue weighted by molar-refractivity contribution is 6.22. The first kappa shape index (κ1) is 21.0. The van der Waals surface area contributed by atoms with Crippen LogP contribution in [0.5, 0.6) is 0 Å². The lowest BCUT2D eigenvalue weighted by atomic mass is 9.98. The molecule has 4 heteroatoms. The van der Waals surface area contributed by atoms with Gasteiger partial charge in [0, 0.05) is 24.1 Å². The van der Waals surface area contributed by atoms with Gasteiger partial charge in [-0.3, -0.25) is 9.69 Å². The van der Waals surface area contributed by atoms with E-state index in [-0.39, 0.29) is 11.3 Å². The Labute approximate surface area is 188 Å². The lowest BCUT2D eigenvalue weighted by molar-refractivity contribution is -0.142. The molecule has 0 radical (unpaired) electrons. The fourth-order valence-corrected chi connectivity index (χ4v) is 3.87. The average molecular weight is 430 g/mol. The van der Waals surface area contributed by atoms with Crippen LogP contribution in [0.25, 0.3) is 5.76 Å². The molecule has 0 spiro atoms. The van der Waals surface area contributed by atoms with E-state index in [1.54, 1.807) is 11.0 Å². The van der Waals surface area contributed by atoms with E-state index in [0.717, 1.165) is 16.7 Å². The smallest absolute Gasteiger partial charge is 0.257 e. The minimum atomic E-state index is -0.537. The molecule has 2 unspecified atom stereocenters. The van der Waals surface area contributed by atoms with Gasteiger partial charge in [0.05, 0.1) is 11.0 Å². The third-order valence-corrected chi connectivity index (χ3v) is 5.61. The topological polar surface area (TPSA) is 29.5 Å². The zero-order chi connectivity index (χ0) is 21.6. The number of rotatable bonds is 7. The molecule has 31 heavy (non-hydrogen) atoms.